The van der Waals surface area contributed by atoms with Crippen molar-refractivity contribution in [2.75, 3.05) is 11.1 Å². The minimum Gasteiger partial charge on any atom is -0.383 e. The van der Waals surface area contributed by atoms with E-state index in [2.05, 4.69) is 15.3 Å². The van der Waals surface area contributed by atoms with Crippen molar-refractivity contribution in [2.24, 2.45) is 0 Å². The van der Waals surface area contributed by atoms with Crippen molar-refractivity contribution in [1.82, 2.24) is 9.97 Å². The van der Waals surface area contributed by atoms with Crippen LogP contribution in [-0.4, -0.2) is 9.97 Å². The van der Waals surface area contributed by atoms with Gasteiger partial charge in [0.15, 0.2) is 0 Å². The fourth-order valence-corrected chi connectivity index (χ4v) is 1.35. The van der Waals surface area contributed by atoms with E-state index in [1.165, 1.54) is 18.5 Å². The van der Waals surface area contributed by atoms with Gasteiger partial charge in [-0.25, -0.2) is 18.7 Å². The number of anilines is 3. The summed E-state index contributed by atoms with van der Waals surface area (Å²) in [5.41, 5.74) is 6.48. The molecule has 1 heterocycles. The molecule has 0 aliphatic heterocycles. The topological polar surface area (TPSA) is 63.8 Å². The minimum absolute atomic E-state index is 0.267. The molecule has 0 saturated heterocycles. The van der Waals surface area contributed by atoms with Crippen LogP contribution in [0, 0.1) is 18.6 Å². The van der Waals surface area contributed by atoms with Crippen molar-refractivity contribution < 1.29 is 8.78 Å². The lowest BCUT2D eigenvalue weighted by molar-refractivity contribution is 0.584. The third-order valence-electron chi connectivity index (χ3n) is 2.25. The molecule has 0 unspecified atom stereocenters. The van der Waals surface area contributed by atoms with Crippen LogP contribution in [0.2, 0.25) is 0 Å². The summed E-state index contributed by atoms with van der Waals surface area (Å²) in [5.74, 6) is -0.582. The van der Waals surface area contributed by atoms with Crippen molar-refractivity contribution in [3.63, 3.8) is 0 Å². The molecule has 2 rings (SSSR count). The lowest BCUT2D eigenvalue weighted by Gasteiger charge is -2.09. The lowest BCUT2D eigenvalue weighted by atomic mass is 10.2. The Labute approximate surface area is 96.5 Å². The van der Waals surface area contributed by atoms with Gasteiger partial charge >= 0.3 is 0 Å². The second-order valence-electron chi connectivity index (χ2n) is 3.52. The van der Waals surface area contributed by atoms with Crippen LogP contribution in [0.4, 0.5) is 26.1 Å². The molecule has 1 aromatic heterocycles. The van der Waals surface area contributed by atoms with Gasteiger partial charge in [0, 0.05) is 17.3 Å². The maximum absolute atomic E-state index is 13.0. The zero-order chi connectivity index (χ0) is 12.4. The number of benzene rings is 1. The van der Waals surface area contributed by atoms with Gasteiger partial charge in [-0.2, -0.15) is 0 Å². The molecule has 0 atom stereocenters. The summed E-state index contributed by atoms with van der Waals surface area (Å²) in [6.07, 6.45) is 1.28. The molecule has 2 aromatic rings. The Bertz CT molecular complexity index is 537. The Morgan fingerprint density at radius 3 is 2.41 bits per heavy atom. The van der Waals surface area contributed by atoms with Crippen LogP contribution in [0.5, 0.6) is 0 Å². The van der Waals surface area contributed by atoms with Crippen LogP contribution in [-0.2, 0) is 0 Å². The largest absolute Gasteiger partial charge is 0.383 e. The molecular weight excluding hydrogens is 226 g/mol. The molecule has 88 valence electrons. The number of halogens is 2. The highest BCUT2D eigenvalue weighted by Gasteiger charge is 2.06. The van der Waals surface area contributed by atoms with Crippen LogP contribution < -0.4 is 11.1 Å². The van der Waals surface area contributed by atoms with Crippen molar-refractivity contribution >= 4 is 17.3 Å². The fourth-order valence-electron chi connectivity index (χ4n) is 1.35. The van der Waals surface area contributed by atoms with Gasteiger partial charge in [-0.15, -0.1) is 0 Å². The number of hydrogen-bond donors (Lipinski definition) is 2. The molecule has 0 spiro atoms. The van der Waals surface area contributed by atoms with Gasteiger partial charge in [-0.3, -0.25) is 0 Å². The van der Waals surface area contributed by atoms with E-state index in [4.69, 9.17) is 5.73 Å². The summed E-state index contributed by atoms with van der Waals surface area (Å²) in [4.78, 5) is 7.74. The Kier molecular flexibility index (Phi) is 2.86. The van der Waals surface area contributed by atoms with Gasteiger partial charge < -0.3 is 11.1 Å². The molecule has 0 aliphatic rings. The third-order valence-corrected chi connectivity index (χ3v) is 2.25. The highest BCUT2D eigenvalue weighted by molar-refractivity contribution is 5.63. The molecular formula is C11H10F2N4. The van der Waals surface area contributed by atoms with Crippen LogP contribution in [0.1, 0.15) is 5.56 Å². The van der Waals surface area contributed by atoms with E-state index in [1.807, 2.05) is 0 Å². The van der Waals surface area contributed by atoms with Crippen LogP contribution >= 0.6 is 0 Å². The number of aromatic nitrogens is 2. The summed E-state index contributed by atoms with van der Waals surface area (Å²) >= 11 is 0. The SMILES string of the molecule is Cc1c(N)ncnc1Nc1cc(F)cc(F)c1. The highest BCUT2D eigenvalue weighted by atomic mass is 19.1. The van der Waals surface area contributed by atoms with Crippen molar-refractivity contribution in [3.05, 3.63) is 41.7 Å². The van der Waals surface area contributed by atoms with Gasteiger partial charge in [0.25, 0.3) is 0 Å². The van der Waals surface area contributed by atoms with Gasteiger partial charge in [0.05, 0.1) is 0 Å². The van der Waals surface area contributed by atoms with Gasteiger partial charge in [0.1, 0.15) is 29.6 Å². The number of rotatable bonds is 2. The third kappa shape index (κ3) is 2.47. The number of nitrogen functional groups attached to an aromatic ring is 1. The normalized spacial score (nSPS) is 10.3. The zero-order valence-electron chi connectivity index (χ0n) is 9.04. The smallest absolute Gasteiger partial charge is 0.138 e. The Hall–Kier alpha value is -2.24. The number of nitrogens with two attached hydrogens (primary N) is 1. The molecule has 0 amide bonds. The molecule has 4 nitrogen and oxygen atoms in total. The first-order valence-electron chi connectivity index (χ1n) is 4.86. The monoisotopic (exact) mass is 236 g/mol. The fraction of sp³-hybridized carbons (Fsp3) is 0.0909. The minimum atomic E-state index is -0.660. The van der Waals surface area contributed by atoms with E-state index in [0.29, 0.717) is 17.2 Å². The Morgan fingerprint density at radius 2 is 1.76 bits per heavy atom. The van der Waals surface area contributed by atoms with Crippen LogP contribution in [0.15, 0.2) is 24.5 Å². The zero-order valence-corrected chi connectivity index (χ0v) is 9.04. The van der Waals surface area contributed by atoms with E-state index < -0.39 is 11.6 Å². The predicted octanol–water partition coefficient (Wildman–Crippen LogP) is 2.39. The maximum Gasteiger partial charge on any atom is 0.138 e. The van der Waals surface area contributed by atoms with Gasteiger partial charge in [-0.05, 0) is 19.1 Å². The average molecular weight is 236 g/mol. The van der Waals surface area contributed by atoms with E-state index in [-0.39, 0.29) is 5.69 Å². The summed E-state index contributed by atoms with van der Waals surface area (Å²) in [5, 5.41) is 2.78. The van der Waals surface area contributed by atoms with Gasteiger partial charge in [0.2, 0.25) is 0 Å². The van der Waals surface area contributed by atoms with Gasteiger partial charge in [-0.1, -0.05) is 0 Å². The van der Waals surface area contributed by atoms with Crippen LogP contribution in [0.25, 0.3) is 0 Å². The van der Waals surface area contributed by atoms with Crippen molar-refractivity contribution in [2.45, 2.75) is 6.92 Å². The van der Waals surface area contributed by atoms with E-state index in [1.54, 1.807) is 6.92 Å². The summed E-state index contributed by atoms with van der Waals surface area (Å²) in [6.45, 7) is 1.72. The first-order chi connectivity index (χ1) is 8.06. The Balaban J connectivity index is 2.34. The molecule has 0 fully saturated rings. The quantitative estimate of drug-likeness (QED) is 0.840. The summed E-state index contributed by atoms with van der Waals surface area (Å²) < 4.78 is 25.9. The molecule has 0 aliphatic carbocycles. The van der Waals surface area contributed by atoms with Crippen molar-refractivity contribution in [3.8, 4) is 0 Å². The molecule has 0 bridgehead atoms. The number of hydrogen-bond acceptors (Lipinski definition) is 4. The molecule has 3 N–H and O–H groups in total. The Morgan fingerprint density at radius 1 is 1.12 bits per heavy atom. The van der Waals surface area contributed by atoms with E-state index in [0.717, 1.165) is 6.07 Å². The number of nitrogens with zero attached hydrogens (tertiary/aromatic N) is 2. The second-order valence-corrected chi connectivity index (χ2v) is 3.52. The lowest BCUT2D eigenvalue weighted by Crippen LogP contribution is -2.02. The molecule has 0 saturated carbocycles. The second kappa shape index (κ2) is 4.32. The van der Waals surface area contributed by atoms with Crippen molar-refractivity contribution in [1.29, 1.82) is 0 Å². The predicted molar refractivity (Wildman–Crippen MR) is 60.8 cm³/mol. The standard InChI is InChI=1S/C11H10F2N4/c1-6-10(14)15-5-16-11(6)17-9-3-7(12)2-8(13)4-9/h2-5H,1H3,(H3,14,15,16,17). The number of nitrogens with one attached hydrogen (secondary N) is 1. The summed E-state index contributed by atoms with van der Waals surface area (Å²) in [7, 11) is 0. The average Bonchev–Trinajstić information content (AvgIpc) is 2.23. The van der Waals surface area contributed by atoms with E-state index in [9.17, 15) is 8.78 Å². The first-order valence-corrected chi connectivity index (χ1v) is 4.86. The summed E-state index contributed by atoms with van der Waals surface area (Å²) in [6, 6.07) is 3.13. The molecule has 17 heavy (non-hydrogen) atoms. The molecule has 1 aromatic carbocycles. The van der Waals surface area contributed by atoms with Crippen LogP contribution in [0.3, 0.4) is 0 Å². The highest BCUT2D eigenvalue weighted by Crippen LogP contribution is 2.21. The van der Waals surface area contributed by atoms with E-state index >= 15 is 0 Å². The molecule has 0 radical (unpaired) electrons. The maximum atomic E-state index is 13.0. The molecule has 6 heteroatoms. The first kappa shape index (κ1) is 11.3.